The van der Waals surface area contributed by atoms with Crippen LogP contribution < -0.4 is 0 Å². The zero-order valence-electron chi connectivity index (χ0n) is 12.3. The molecule has 0 aromatic heterocycles. The van der Waals surface area contributed by atoms with Crippen LogP contribution in [0.1, 0.15) is 39.0 Å². The largest absolute Gasteiger partial charge is 0.341 e. The summed E-state index contributed by atoms with van der Waals surface area (Å²) in [6.45, 7) is 2.30. The first-order valence-corrected chi connectivity index (χ1v) is 8.07. The number of hydrogen-bond donors (Lipinski definition) is 0. The van der Waals surface area contributed by atoms with Gasteiger partial charge in [0.05, 0.1) is 0 Å². The van der Waals surface area contributed by atoms with E-state index in [-0.39, 0.29) is 0 Å². The third-order valence-electron chi connectivity index (χ3n) is 5.17. The Balaban J connectivity index is 1.73. The Kier molecular flexibility index (Phi) is 2.94. The summed E-state index contributed by atoms with van der Waals surface area (Å²) in [5.74, 6) is 1.42. The Morgan fingerprint density at radius 1 is 1.05 bits per heavy atom. The lowest BCUT2D eigenvalue weighted by atomic mass is 9.84. The Morgan fingerprint density at radius 2 is 1.95 bits per heavy atom. The summed E-state index contributed by atoms with van der Waals surface area (Å²) in [5.41, 5.74) is 4.68. The van der Waals surface area contributed by atoms with Gasteiger partial charge < -0.3 is 4.90 Å². The van der Waals surface area contributed by atoms with E-state index < -0.39 is 0 Å². The Morgan fingerprint density at radius 3 is 2.80 bits per heavy atom. The minimum absolute atomic E-state index is 0.664. The van der Waals surface area contributed by atoms with Crippen molar-refractivity contribution >= 4 is 0 Å². The molecule has 0 saturated carbocycles. The van der Waals surface area contributed by atoms with Crippen molar-refractivity contribution in [1.29, 1.82) is 0 Å². The Hall–Kier alpha value is -1.50. The van der Waals surface area contributed by atoms with E-state index in [1.54, 1.807) is 11.3 Å². The smallest absolute Gasteiger partial charge is 0.0445 e. The lowest BCUT2D eigenvalue weighted by Crippen LogP contribution is -2.34. The molecule has 20 heavy (non-hydrogen) atoms. The molecule has 1 heteroatoms. The molecule has 4 aliphatic rings. The molecule has 3 atom stereocenters. The van der Waals surface area contributed by atoms with E-state index in [1.165, 1.54) is 37.8 Å². The van der Waals surface area contributed by atoms with Crippen molar-refractivity contribution in [3.8, 4) is 0 Å². The summed E-state index contributed by atoms with van der Waals surface area (Å²) < 4.78 is 0. The van der Waals surface area contributed by atoms with Gasteiger partial charge in [-0.15, -0.1) is 0 Å². The topological polar surface area (TPSA) is 3.24 Å². The van der Waals surface area contributed by atoms with Gasteiger partial charge in [0.15, 0.2) is 0 Å². The third-order valence-corrected chi connectivity index (χ3v) is 5.17. The van der Waals surface area contributed by atoms with E-state index in [0.717, 1.165) is 5.92 Å². The van der Waals surface area contributed by atoms with Gasteiger partial charge >= 0.3 is 0 Å². The predicted octanol–water partition coefficient (Wildman–Crippen LogP) is 4.72. The van der Waals surface area contributed by atoms with Crippen molar-refractivity contribution in [2.45, 2.75) is 45.1 Å². The maximum Gasteiger partial charge on any atom is 0.0445 e. The molecule has 0 N–H and O–H groups in total. The van der Waals surface area contributed by atoms with Crippen molar-refractivity contribution < 1.29 is 0 Å². The van der Waals surface area contributed by atoms with Crippen molar-refractivity contribution in [1.82, 2.24) is 4.90 Å². The molecule has 0 bridgehead atoms. The van der Waals surface area contributed by atoms with Gasteiger partial charge in [-0.3, -0.25) is 0 Å². The molecule has 3 aliphatic carbocycles. The number of allylic oxidation sites excluding steroid dienone is 7. The van der Waals surface area contributed by atoms with Crippen molar-refractivity contribution in [2.75, 3.05) is 0 Å². The zero-order chi connectivity index (χ0) is 13.5. The molecule has 3 unspecified atom stereocenters. The second-order valence-electron chi connectivity index (χ2n) is 6.53. The van der Waals surface area contributed by atoms with E-state index in [0.29, 0.717) is 12.0 Å². The summed E-state index contributed by atoms with van der Waals surface area (Å²) in [7, 11) is 0. The van der Waals surface area contributed by atoms with Crippen LogP contribution in [0.5, 0.6) is 0 Å². The molecule has 0 fully saturated rings. The van der Waals surface area contributed by atoms with Gasteiger partial charge in [-0.2, -0.15) is 0 Å². The monoisotopic (exact) mass is 265 g/mol. The van der Waals surface area contributed by atoms with Crippen LogP contribution in [0.4, 0.5) is 0 Å². The lowest BCUT2D eigenvalue weighted by molar-refractivity contribution is 0.283. The van der Waals surface area contributed by atoms with Crippen molar-refractivity contribution in [3.63, 3.8) is 0 Å². The fourth-order valence-corrected chi connectivity index (χ4v) is 4.13. The summed E-state index contributed by atoms with van der Waals surface area (Å²) in [5, 5.41) is 0. The van der Waals surface area contributed by atoms with Crippen LogP contribution in [-0.4, -0.2) is 10.9 Å². The highest BCUT2D eigenvalue weighted by molar-refractivity contribution is 5.43. The van der Waals surface area contributed by atoms with Gasteiger partial charge in [0.2, 0.25) is 0 Å². The van der Waals surface area contributed by atoms with Crippen LogP contribution in [0.25, 0.3) is 0 Å². The molecule has 1 aliphatic heterocycles. The van der Waals surface area contributed by atoms with Crippen LogP contribution >= 0.6 is 0 Å². The first-order valence-electron chi connectivity index (χ1n) is 8.07. The molecule has 4 rings (SSSR count). The maximum atomic E-state index is 2.68. The minimum Gasteiger partial charge on any atom is -0.341 e. The molecular formula is C19H23N. The van der Waals surface area contributed by atoms with Gasteiger partial charge in [-0.25, -0.2) is 0 Å². The van der Waals surface area contributed by atoms with Crippen LogP contribution in [-0.2, 0) is 0 Å². The quantitative estimate of drug-likeness (QED) is 0.620. The molecule has 0 amide bonds. The third kappa shape index (κ3) is 1.83. The van der Waals surface area contributed by atoms with E-state index in [9.17, 15) is 0 Å². The number of rotatable bonds is 1. The molecule has 1 heterocycles. The molecule has 0 spiro atoms. The van der Waals surface area contributed by atoms with Gasteiger partial charge in [0.1, 0.15) is 0 Å². The van der Waals surface area contributed by atoms with Crippen LogP contribution in [0.3, 0.4) is 0 Å². The first kappa shape index (κ1) is 12.3. The van der Waals surface area contributed by atoms with Gasteiger partial charge in [-0.05, 0) is 49.7 Å². The van der Waals surface area contributed by atoms with Gasteiger partial charge in [-0.1, -0.05) is 43.4 Å². The average Bonchev–Trinajstić information content (AvgIpc) is 2.83. The molecule has 0 radical (unpaired) electrons. The normalized spacial score (nSPS) is 35.1. The van der Waals surface area contributed by atoms with E-state index in [4.69, 9.17) is 0 Å². The standard InChI is InChI=1S/C19H23N/c1-14-10-12-15(13-11-14)20-18-8-4-2-6-16(18)17-7-3-5-9-19(17)20/h2-4,7,10,12-14,16,18H,5-6,8-9,11H2,1H3. The van der Waals surface area contributed by atoms with E-state index in [1.807, 2.05) is 0 Å². The summed E-state index contributed by atoms with van der Waals surface area (Å²) >= 11 is 0. The number of nitrogens with zero attached hydrogens (tertiary/aromatic N) is 1. The van der Waals surface area contributed by atoms with Crippen LogP contribution in [0, 0.1) is 11.8 Å². The first-order chi connectivity index (χ1) is 9.84. The van der Waals surface area contributed by atoms with Crippen LogP contribution in [0.15, 0.2) is 59.5 Å². The Labute approximate surface area is 122 Å². The number of hydrogen-bond acceptors (Lipinski definition) is 1. The molecule has 1 nitrogen and oxygen atoms in total. The highest BCUT2D eigenvalue weighted by Crippen LogP contribution is 2.46. The zero-order valence-corrected chi connectivity index (χ0v) is 12.3. The summed E-state index contributed by atoms with van der Waals surface area (Å²) in [6.07, 6.45) is 22.8. The second kappa shape index (κ2) is 4.80. The predicted molar refractivity (Wildman–Crippen MR) is 83.9 cm³/mol. The molecular weight excluding hydrogens is 242 g/mol. The van der Waals surface area contributed by atoms with Crippen molar-refractivity contribution in [2.24, 2.45) is 11.8 Å². The molecule has 0 aromatic rings. The SMILES string of the molecule is CC1C=CC(N2C3=C(C=CCC3)C3CC=CCC32)=CC1. The Bertz CT molecular complexity index is 558. The fourth-order valence-electron chi connectivity index (χ4n) is 4.13. The fraction of sp³-hybridized carbons (Fsp3) is 0.474. The van der Waals surface area contributed by atoms with Crippen molar-refractivity contribution in [3.05, 3.63) is 59.5 Å². The molecule has 0 aromatic carbocycles. The van der Waals surface area contributed by atoms with E-state index in [2.05, 4.69) is 54.4 Å². The highest BCUT2D eigenvalue weighted by atomic mass is 15.2. The second-order valence-corrected chi connectivity index (χ2v) is 6.53. The van der Waals surface area contributed by atoms with Gasteiger partial charge in [0.25, 0.3) is 0 Å². The molecule has 0 saturated heterocycles. The summed E-state index contributed by atoms with van der Waals surface area (Å²) in [6, 6.07) is 0.664. The van der Waals surface area contributed by atoms with E-state index >= 15 is 0 Å². The lowest BCUT2D eigenvalue weighted by Gasteiger charge is -2.35. The highest BCUT2D eigenvalue weighted by Gasteiger charge is 2.40. The number of fused-ring (bicyclic) bond motifs is 2. The maximum absolute atomic E-state index is 2.68. The minimum atomic E-state index is 0.664. The van der Waals surface area contributed by atoms with Crippen LogP contribution in [0.2, 0.25) is 0 Å². The molecule has 104 valence electrons. The average molecular weight is 265 g/mol. The van der Waals surface area contributed by atoms with Gasteiger partial charge in [0, 0.05) is 23.4 Å². The summed E-state index contributed by atoms with van der Waals surface area (Å²) in [4.78, 5) is 2.68.